The maximum absolute atomic E-state index is 6.26. The lowest BCUT2D eigenvalue weighted by molar-refractivity contribution is 0.290. The Morgan fingerprint density at radius 1 is 1.00 bits per heavy atom. The predicted molar refractivity (Wildman–Crippen MR) is 67.9 cm³/mol. The molecule has 1 aliphatic rings. The van der Waals surface area contributed by atoms with Crippen LogP contribution in [0.5, 0.6) is 0 Å². The first-order valence-corrected chi connectivity index (χ1v) is 7.10. The highest BCUT2D eigenvalue weighted by molar-refractivity contribution is 4.76. The average molecular weight is 211 g/mol. The van der Waals surface area contributed by atoms with Crippen LogP contribution in [0.15, 0.2) is 0 Å². The molecule has 15 heavy (non-hydrogen) atoms. The minimum Gasteiger partial charge on any atom is -0.327 e. The van der Waals surface area contributed by atoms with Crippen LogP contribution in [0.25, 0.3) is 0 Å². The number of nitrogens with two attached hydrogens (primary N) is 1. The first-order chi connectivity index (χ1) is 7.34. The molecule has 1 aliphatic carbocycles. The second-order valence-electron chi connectivity index (χ2n) is 5.26. The standard InChI is InChI=1S/C14H29N/c1-2-3-4-5-9-12-14(15)13-10-7-6-8-11-13/h13-14H,2-12,15H2,1H3. The van der Waals surface area contributed by atoms with Gasteiger partial charge in [0.05, 0.1) is 0 Å². The van der Waals surface area contributed by atoms with Crippen LogP contribution in [0, 0.1) is 5.92 Å². The van der Waals surface area contributed by atoms with Crippen LogP contribution in [0.4, 0.5) is 0 Å². The molecule has 0 bridgehead atoms. The Bertz CT molecular complexity index is 138. The number of hydrogen-bond donors (Lipinski definition) is 1. The second kappa shape index (κ2) is 8.15. The fourth-order valence-corrected chi connectivity index (χ4v) is 2.78. The minimum atomic E-state index is 0.506. The molecule has 0 saturated heterocycles. The van der Waals surface area contributed by atoms with E-state index < -0.39 is 0 Å². The van der Waals surface area contributed by atoms with E-state index in [0.29, 0.717) is 6.04 Å². The van der Waals surface area contributed by atoms with Gasteiger partial charge in [0.15, 0.2) is 0 Å². The third kappa shape index (κ3) is 5.55. The van der Waals surface area contributed by atoms with E-state index in [-0.39, 0.29) is 0 Å². The summed E-state index contributed by atoms with van der Waals surface area (Å²) in [5.41, 5.74) is 6.26. The molecular weight excluding hydrogens is 182 g/mol. The van der Waals surface area contributed by atoms with Crippen molar-refractivity contribution in [3.63, 3.8) is 0 Å². The van der Waals surface area contributed by atoms with Crippen molar-refractivity contribution in [3.05, 3.63) is 0 Å². The van der Waals surface area contributed by atoms with Gasteiger partial charge in [-0.25, -0.2) is 0 Å². The van der Waals surface area contributed by atoms with E-state index in [1.54, 1.807) is 0 Å². The molecule has 1 nitrogen and oxygen atoms in total. The predicted octanol–water partition coefficient (Wildman–Crippen LogP) is 4.25. The molecule has 0 aromatic heterocycles. The molecule has 1 atom stereocenters. The Balaban J connectivity index is 1.99. The second-order valence-corrected chi connectivity index (χ2v) is 5.26. The van der Waals surface area contributed by atoms with Crippen LogP contribution in [-0.2, 0) is 0 Å². The van der Waals surface area contributed by atoms with Crippen molar-refractivity contribution < 1.29 is 0 Å². The maximum Gasteiger partial charge on any atom is 0.00671 e. The van der Waals surface area contributed by atoms with Crippen LogP contribution >= 0.6 is 0 Å². The van der Waals surface area contributed by atoms with Crippen molar-refractivity contribution in [1.82, 2.24) is 0 Å². The molecule has 0 aliphatic heterocycles. The van der Waals surface area contributed by atoms with Crippen molar-refractivity contribution in [2.24, 2.45) is 11.7 Å². The zero-order chi connectivity index (χ0) is 10.9. The van der Waals surface area contributed by atoms with Crippen LogP contribution in [0.2, 0.25) is 0 Å². The van der Waals surface area contributed by atoms with Gasteiger partial charge >= 0.3 is 0 Å². The lowest BCUT2D eigenvalue weighted by atomic mass is 9.82. The van der Waals surface area contributed by atoms with Crippen LogP contribution in [0.1, 0.15) is 77.6 Å². The van der Waals surface area contributed by atoms with Crippen molar-refractivity contribution in [1.29, 1.82) is 0 Å². The minimum absolute atomic E-state index is 0.506. The van der Waals surface area contributed by atoms with E-state index in [9.17, 15) is 0 Å². The summed E-state index contributed by atoms with van der Waals surface area (Å²) in [4.78, 5) is 0. The molecule has 1 heteroatoms. The SMILES string of the molecule is CCCCCCCC(N)C1CCCCC1. The zero-order valence-corrected chi connectivity index (χ0v) is 10.5. The molecule has 90 valence electrons. The van der Waals surface area contributed by atoms with Gasteiger partial charge in [0.1, 0.15) is 0 Å². The summed E-state index contributed by atoms with van der Waals surface area (Å²) in [6, 6.07) is 0.506. The van der Waals surface area contributed by atoms with E-state index in [1.165, 1.54) is 70.6 Å². The molecule has 1 unspecified atom stereocenters. The topological polar surface area (TPSA) is 26.0 Å². The van der Waals surface area contributed by atoms with Crippen LogP contribution < -0.4 is 5.73 Å². The summed E-state index contributed by atoms with van der Waals surface area (Å²) in [5, 5.41) is 0. The molecule has 1 rings (SSSR count). The average Bonchev–Trinajstić information content (AvgIpc) is 2.30. The quantitative estimate of drug-likeness (QED) is 0.626. The van der Waals surface area contributed by atoms with Gasteiger partial charge in [-0.05, 0) is 25.2 Å². The van der Waals surface area contributed by atoms with Crippen molar-refractivity contribution in [2.45, 2.75) is 83.6 Å². The number of hydrogen-bond acceptors (Lipinski definition) is 1. The Morgan fingerprint density at radius 2 is 1.67 bits per heavy atom. The summed E-state index contributed by atoms with van der Waals surface area (Å²) in [7, 11) is 0. The first kappa shape index (κ1) is 13.0. The summed E-state index contributed by atoms with van der Waals surface area (Å²) >= 11 is 0. The third-order valence-electron chi connectivity index (χ3n) is 3.90. The van der Waals surface area contributed by atoms with E-state index in [0.717, 1.165) is 5.92 Å². The Kier molecular flexibility index (Phi) is 7.08. The molecular formula is C14H29N. The van der Waals surface area contributed by atoms with Gasteiger partial charge in [-0.15, -0.1) is 0 Å². The molecule has 0 amide bonds. The molecule has 1 fully saturated rings. The van der Waals surface area contributed by atoms with E-state index >= 15 is 0 Å². The van der Waals surface area contributed by atoms with Crippen molar-refractivity contribution in [2.75, 3.05) is 0 Å². The molecule has 0 aromatic rings. The van der Waals surface area contributed by atoms with Gasteiger partial charge in [-0.3, -0.25) is 0 Å². The lowest BCUT2D eigenvalue weighted by Gasteiger charge is -2.27. The highest BCUT2D eigenvalue weighted by atomic mass is 14.6. The summed E-state index contributed by atoms with van der Waals surface area (Å²) in [6.45, 7) is 2.27. The molecule has 0 spiro atoms. The van der Waals surface area contributed by atoms with Gasteiger partial charge in [-0.2, -0.15) is 0 Å². The van der Waals surface area contributed by atoms with E-state index in [1.807, 2.05) is 0 Å². The normalized spacial score (nSPS) is 20.4. The Hall–Kier alpha value is -0.0400. The molecule has 0 radical (unpaired) electrons. The largest absolute Gasteiger partial charge is 0.327 e. The van der Waals surface area contributed by atoms with Crippen molar-refractivity contribution >= 4 is 0 Å². The third-order valence-corrected chi connectivity index (χ3v) is 3.90. The first-order valence-electron chi connectivity index (χ1n) is 7.10. The lowest BCUT2D eigenvalue weighted by Crippen LogP contribution is -2.31. The zero-order valence-electron chi connectivity index (χ0n) is 10.5. The van der Waals surface area contributed by atoms with Gasteiger partial charge in [-0.1, -0.05) is 58.3 Å². The highest BCUT2D eigenvalue weighted by Gasteiger charge is 2.19. The smallest absolute Gasteiger partial charge is 0.00671 e. The van der Waals surface area contributed by atoms with Crippen LogP contribution in [0.3, 0.4) is 0 Å². The number of rotatable bonds is 7. The Labute approximate surface area is 95.8 Å². The van der Waals surface area contributed by atoms with Crippen molar-refractivity contribution in [3.8, 4) is 0 Å². The molecule has 2 N–H and O–H groups in total. The molecule has 0 heterocycles. The van der Waals surface area contributed by atoms with Gasteiger partial charge in [0.2, 0.25) is 0 Å². The van der Waals surface area contributed by atoms with E-state index in [4.69, 9.17) is 5.73 Å². The molecule has 0 aromatic carbocycles. The van der Waals surface area contributed by atoms with Gasteiger partial charge in [0.25, 0.3) is 0 Å². The summed E-state index contributed by atoms with van der Waals surface area (Å²) in [5.74, 6) is 0.852. The van der Waals surface area contributed by atoms with Gasteiger partial charge in [0, 0.05) is 6.04 Å². The number of unbranched alkanes of at least 4 members (excludes halogenated alkanes) is 4. The highest BCUT2D eigenvalue weighted by Crippen LogP contribution is 2.27. The van der Waals surface area contributed by atoms with Gasteiger partial charge < -0.3 is 5.73 Å². The summed E-state index contributed by atoms with van der Waals surface area (Å²) in [6.07, 6.45) is 15.3. The fourth-order valence-electron chi connectivity index (χ4n) is 2.78. The fraction of sp³-hybridized carbons (Fsp3) is 1.00. The van der Waals surface area contributed by atoms with E-state index in [2.05, 4.69) is 6.92 Å². The Morgan fingerprint density at radius 3 is 2.33 bits per heavy atom. The summed E-state index contributed by atoms with van der Waals surface area (Å²) < 4.78 is 0. The maximum atomic E-state index is 6.26. The monoisotopic (exact) mass is 211 g/mol. The van der Waals surface area contributed by atoms with Crippen LogP contribution in [-0.4, -0.2) is 6.04 Å². The molecule has 1 saturated carbocycles.